The van der Waals surface area contributed by atoms with Gasteiger partial charge in [-0.05, 0) is 47.4 Å². The van der Waals surface area contributed by atoms with Crippen LogP contribution in [0.3, 0.4) is 0 Å². The second kappa shape index (κ2) is 6.97. The fourth-order valence-electron chi connectivity index (χ4n) is 2.43. The highest BCUT2D eigenvalue weighted by Crippen LogP contribution is 2.16. The smallest absolute Gasteiger partial charge is 0.259 e. The summed E-state index contributed by atoms with van der Waals surface area (Å²) < 4.78 is 0.673. The quantitative estimate of drug-likeness (QED) is 0.862. The van der Waals surface area contributed by atoms with Crippen LogP contribution in [0.25, 0.3) is 0 Å². The van der Waals surface area contributed by atoms with Gasteiger partial charge in [-0.1, -0.05) is 12.1 Å². The zero-order valence-electron chi connectivity index (χ0n) is 11.1. The average molecular weight is 340 g/mol. The Bertz CT molecular complexity index is 507. The molecule has 6 heteroatoms. The predicted octanol–water partition coefficient (Wildman–Crippen LogP) is 1.13. The molecule has 2 rings (SSSR count). The van der Waals surface area contributed by atoms with E-state index in [0.29, 0.717) is 16.6 Å². The van der Waals surface area contributed by atoms with Crippen molar-refractivity contribution in [2.45, 2.75) is 18.9 Å². The number of hydrogen-bond acceptors (Lipinski definition) is 4. The molecular weight excluding hydrogens is 322 g/mol. The number of imide groups is 1. The van der Waals surface area contributed by atoms with E-state index in [1.807, 2.05) is 11.0 Å². The fourth-order valence-corrected chi connectivity index (χ4v) is 2.90. The maximum absolute atomic E-state index is 12.0. The zero-order valence-corrected chi connectivity index (χ0v) is 12.7. The molecule has 0 saturated carbocycles. The number of nitrogens with one attached hydrogen (secondary N) is 1. The molecule has 1 saturated heterocycles. The van der Waals surface area contributed by atoms with Gasteiger partial charge in [0, 0.05) is 17.1 Å². The number of likely N-dealkylation sites (tertiary alicyclic amines) is 1. The summed E-state index contributed by atoms with van der Waals surface area (Å²) in [5.74, 6) is -0.669. The molecule has 0 aromatic heterocycles. The Labute approximate surface area is 126 Å². The predicted molar refractivity (Wildman–Crippen MR) is 80.3 cm³/mol. The first kappa shape index (κ1) is 15.2. The van der Waals surface area contributed by atoms with Crippen molar-refractivity contribution in [2.75, 3.05) is 19.6 Å². The molecule has 1 aromatic carbocycles. The summed E-state index contributed by atoms with van der Waals surface area (Å²) in [6.07, 6.45) is 2.06. The van der Waals surface area contributed by atoms with Gasteiger partial charge in [0.05, 0.1) is 12.1 Å². The third kappa shape index (κ3) is 3.65. The van der Waals surface area contributed by atoms with E-state index < -0.39 is 0 Å². The van der Waals surface area contributed by atoms with E-state index in [1.54, 1.807) is 18.2 Å². The lowest BCUT2D eigenvalue weighted by Gasteiger charge is -2.22. The molecule has 0 bridgehead atoms. The summed E-state index contributed by atoms with van der Waals surface area (Å²) in [4.78, 5) is 26.0. The van der Waals surface area contributed by atoms with E-state index in [4.69, 9.17) is 5.73 Å². The number of nitrogens with zero attached hydrogens (tertiary/aromatic N) is 1. The summed E-state index contributed by atoms with van der Waals surface area (Å²) >= 11 is 3.30. The number of rotatable bonds is 4. The maximum atomic E-state index is 12.0. The first-order chi connectivity index (χ1) is 9.61. The normalized spacial score (nSPS) is 19.0. The third-order valence-electron chi connectivity index (χ3n) is 3.49. The molecule has 1 aromatic rings. The Morgan fingerprint density at radius 3 is 2.85 bits per heavy atom. The minimum Gasteiger partial charge on any atom is -0.329 e. The van der Waals surface area contributed by atoms with Gasteiger partial charge in [-0.3, -0.25) is 19.8 Å². The van der Waals surface area contributed by atoms with Crippen LogP contribution in [0.1, 0.15) is 23.2 Å². The topological polar surface area (TPSA) is 75.4 Å². The average Bonchev–Trinajstić information content (AvgIpc) is 2.86. The molecule has 108 valence electrons. The first-order valence-corrected chi connectivity index (χ1v) is 7.44. The van der Waals surface area contributed by atoms with Crippen molar-refractivity contribution in [3.63, 3.8) is 0 Å². The summed E-state index contributed by atoms with van der Waals surface area (Å²) in [5.41, 5.74) is 6.12. The molecule has 1 aliphatic rings. The largest absolute Gasteiger partial charge is 0.329 e. The molecule has 20 heavy (non-hydrogen) atoms. The SMILES string of the molecule is NCC1CCCN1CC(=O)NC(=O)c1ccccc1Br. The van der Waals surface area contributed by atoms with Crippen LogP contribution in [0.15, 0.2) is 28.7 Å². The fraction of sp³-hybridized carbons (Fsp3) is 0.429. The third-order valence-corrected chi connectivity index (χ3v) is 4.18. The zero-order chi connectivity index (χ0) is 14.5. The molecule has 1 unspecified atom stereocenters. The van der Waals surface area contributed by atoms with Crippen molar-refractivity contribution in [3.8, 4) is 0 Å². The first-order valence-electron chi connectivity index (χ1n) is 6.64. The standard InChI is InChI=1S/C14H18BrN3O2/c15-12-6-2-1-5-11(12)14(20)17-13(19)9-18-7-3-4-10(18)8-16/h1-2,5-6,10H,3-4,7-9,16H2,(H,17,19,20). The highest BCUT2D eigenvalue weighted by molar-refractivity contribution is 9.10. The van der Waals surface area contributed by atoms with Crippen molar-refractivity contribution < 1.29 is 9.59 Å². The lowest BCUT2D eigenvalue weighted by Crippen LogP contribution is -2.44. The second-order valence-corrected chi connectivity index (χ2v) is 5.71. The second-order valence-electron chi connectivity index (χ2n) is 4.86. The van der Waals surface area contributed by atoms with E-state index in [9.17, 15) is 9.59 Å². The maximum Gasteiger partial charge on any atom is 0.259 e. The number of amides is 2. The monoisotopic (exact) mass is 339 g/mol. The van der Waals surface area contributed by atoms with Gasteiger partial charge >= 0.3 is 0 Å². The Kier molecular flexibility index (Phi) is 5.28. The van der Waals surface area contributed by atoms with Crippen molar-refractivity contribution in [1.82, 2.24) is 10.2 Å². The van der Waals surface area contributed by atoms with Crippen LogP contribution in [0.4, 0.5) is 0 Å². The van der Waals surface area contributed by atoms with Crippen LogP contribution in [-0.2, 0) is 4.79 Å². The van der Waals surface area contributed by atoms with Gasteiger partial charge in [-0.2, -0.15) is 0 Å². The highest BCUT2D eigenvalue weighted by Gasteiger charge is 2.25. The minimum absolute atomic E-state index is 0.220. The molecule has 5 nitrogen and oxygen atoms in total. The summed E-state index contributed by atoms with van der Waals surface area (Å²) in [6, 6.07) is 7.27. The van der Waals surface area contributed by atoms with Gasteiger partial charge in [0.1, 0.15) is 0 Å². The number of hydrogen-bond donors (Lipinski definition) is 2. The number of carbonyl (C=O) groups is 2. The molecule has 1 aliphatic heterocycles. The van der Waals surface area contributed by atoms with Crippen LogP contribution in [0, 0.1) is 0 Å². The van der Waals surface area contributed by atoms with Crippen LogP contribution >= 0.6 is 15.9 Å². The lowest BCUT2D eigenvalue weighted by molar-refractivity contribution is -0.121. The van der Waals surface area contributed by atoms with Crippen molar-refractivity contribution in [1.29, 1.82) is 0 Å². The number of halogens is 1. The number of benzene rings is 1. The minimum atomic E-state index is -0.383. The Morgan fingerprint density at radius 2 is 2.15 bits per heavy atom. The molecule has 0 aliphatic carbocycles. The van der Waals surface area contributed by atoms with E-state index in [1.165, 1.54) is 0 Å². The van der Waals surface area contributed by atoms with Gasteiger partial charge in [-0.25, -0.2) is 0 Å². The van der Waals surface area contributed by atoms with E-state index in [-0.39, 0.29) is 24.4 Å². The molecule has 0 radical (unpaired) electrons. The summed E-state index contributed by atoms with van der Waals surface area (Å²) in [7, 11) is 0. The van der Waals surface area contributed by atoms with E-state index >= 15 is 0 Å². The van der Waals surface area contributed by atoms with Crippen molar-refractivity contribution >= 4 is 27.7 Å². The molecular formula is C14H18BrN3O2. The molecule has 0 spiro atoms. The van der Waals surface area contributed by atoms with Crippen LogP contribution in [0.2, 0.25) is 0 Å². The van der Waals surface area contributed by atoms with E-state index in [2.05, 4.69) is 21.2 Å². The lowest BCUT2D eigenvalue weighted by atomic mass is 10.2. The Morgan fingerprint density at radius 1 is 1.40 bits per heavy atom. The molecule has 1 fully saturated rings. The van der Waals surface area contributed by atoms with Crippen molar-refractivity contribution in [3.05, 3.63) is 34.3 Å². The van der Waals surface area contributed by atoms with Gasteiger partial charge < -0.3 is 5.73 Å². The molecule has 2 amide bonds. The number of carbonyl (C=O) groups excluding carboxylic acids is 2. The Balaban J connectivity index is 1.92. The van der Waals surface area contributed by atoms with Crippen molar-refractivity contribution in [2.24, 2.45) is 5.73 Å². The van der Waals surface area contributed by atoms with Gasteiger partial charge in [0.2, 0.25) is 5.91 Å². The van der Waals surface area contributed by atoms with Crippen LogP contribution < -0.4 is 11.1 Å². The molecule has 1 atom stereocenters. The Hall–Kier alpha value is -1.24. The molecule has 1 heterocycles. The summed E-state index contributed by atoms with van der Waals surface area (Å²) in [5, 5.41) is 2.42. The number of nitrogens with two attached hydrogens (primary N) is 1. The highest BCUT2D eigenvalue weighted by atomic mass is 79.9. The van der Waals surface area contributed by atoms with Gasteiger partial charge in [0.25, 0.3) is 5.91 Å². The molecule has 3 N–H and O–H groups in total. The summed E-state index contributed by atoms with van der Waals surface area (Å²) in [6.45, 7) is 1.63. The van der Waals surface area contributed by atoms with Gasteiger partial charge in [0.15, 0.2) is 0 Å². The van der Waals surface area contributed by atoms with Crippen LogP contribution in [0.5, 0.6) is 0 Å². The van der Waals surface area contributed by atoms with Gasteiger partial charge in [-0.15, -0.1) is 0 Å². The van der Waals surface area contributed by atoms with Crippen LogP contribution in [-0.4, -0.2) is 42.4 Å². The van der Waals surface area contributed by atoms with E-state index in [0.717, 1.165) is 19.4 Å².